The first kappa shape index (κ1) is 19.0. The number of hydrogen-bond donors (Lipinski definition) is 1. The Morgan fingerprint density at radius 2 is 1.35 bits per heavy atom. The second kappa shape index (κ2) is 7.37. The van der Waals surface area contributed by atoms with Crippen LogP contribution >= 0.6 is 0 Å². The van der Waals surface area contributed by atoms with Gasteiger partial charge in [-0.3, -0.25) is 14.4 Å². The highest BCUT2D eigenvalue weighted by molar-refractivity contribution is 6.24. The number of amides is 2. The quantitative estimate of drug-likeness (QED) is 0.658. The number of carboxylic acids is 1. The number of aromatic carboxylic acids is 1. The molecule has 5 rings (SSSR count). The fourth-order valence-corrected chi connectivity index (χ4v) is 4.31. The lowest BCUT2D eigenvalue weighted by molar-refractivity contribution is -0.126. The number of anilines is 2. The zero-order valence-electron chi connectivity index (χ0n) is 16.3. The normalized spacial score (nSPS) is 22.6. The summed E-state index contributed by atoms with van der Waals surface area (Å²) in [6.07, 6.45) is -1.04. The number of fused-ring (bicyclic) bond motifs is 1. The van der Waals surface area contributed by atoms with Crippen molar-refractivity contribution in [2.45, 2.75) is 12.1 Å². The maximum Gasteiger partial charge on any atom is 0.336 e. The Bertz CT molecular complexity index is 1160. The first-order valence-corrected chi connectivity index (χ1v) is 9.84. The van der Waals surface area contributed by atoms with Crippen molar-refractivity contribution in [1.29, 1.82) is 0 Å². The molecule has 2 fully saturated rings. The number of para-hydroxylation sites is 2. The maximum absolute atomic E-state index is 13.5. The molecule has 154 valence electrons. The Morgan fingerprint density at radius 1 is 0.774 bits per heavy atom. The average molecular weight is 414 g/mol. The van der Waals surface area contributed by atoms with Gasteiger partial charge in [-0.1, -0.05) is 54.6 Å². The van der Waals surface area contributed by atoms with E-state index in [9.17, 15) is 19.5 Å². The van der Waals surface area contributed by atoms with Crippen molar-refractivity contribution in [3.05, 3.63) is 96.1 Å². The molecule has 2 amide bonds. The summed E-state index contributed by atoms with van der Waals surface area (Å²) in [5, 5.41) is 11.2. The SMILES string of the molecule is O=C(O)c1ccccc1[C@@H]1[C@@H]2C(=O)N(c3ccccc3)C(=O)[C@H]2ON1c1ccccc1. The van der Waals surface area contributed by atoms with Gasteiger partial charge in [0.2, 0.25) is 5.91 Å². The smallest absolute Gasteiger partial charge is 0.336 e. The molecule has 31 heavy (non-hydrogen) atoms. The molecule has 2 saturated heterocycles. The van der Waals surface area contributed by atoms with Gasteiger partial charge >= 0.3 is 5.97 Å². The third-order valence-electron chi connectivity index (χ3n) is 5.65. The van der Waals surface area contributed by atoms with Gasteiger partial charge in [0.15, 0.2) is 6.10 Å². The molecule has 3 aromatic rings. The lowest BCUT2D eigenvalue weighted by atomic mass is 9.88. The molecule has 1 N–H and O–H groups in total. The number of hydrogen-bond acceptors (Lipinski definition) is 5. The number of rotatable bonds is 4. The zero-order valence-corrected chi connectivity index (χ0v) is 16.3. The largest absolute Gasteiger partial charge is 0.478 e. The maximum atomic E-state index is 13.5. The molecule has 0 bridgehead atoms. The Hall–Kier alpha value is -3.97. The zero-order chi connectivity index (χ0) is 21.5. The summed E-state index contributed by atoms with van der Waals surface area (Å²) >= 11 is 0. The third kappa shape index (κ3) is 2.98. The van der Waals surface area contributed by atoms with Crippen LogP contribution in [-0.4, -0.2) is 29.0 Å². The van der Waals surface area contributed by atoms with Gasteiger partial charge in [0.05, 0.1) is 23.0 Å². The van der Waals surface area contributed by atoms with Crippen molar-refractivity contribution in [3.8, 4) is 0 Å². The average Bonchev–Trinajstić information content (AvgIpc) is 3.31. The van der Waals surface area contributed by atoms with Gasteiger partial charge < -0.3 is 5.11 Å². The van der Waals surface area contributed by atoms with E-state index in [0.29, 0.717) is 16.9 Å². The predicted molar refractivity (Wildman–Crippen MR) is 112 cm³/mol. The number of benzene rings is 3. The van der Waals surface area contributed by atoms with Gasteiger partial charge in [0.1, 0.15) is 5.92 Å². The van der Waals surface area contributed by atoms with Crippen LogP contribution < -0.4 is 9.96 Å². The topological polar surface area (TPSA) is 87.2 Å². The van der Waals surface area contributed by atoms with Crippen molar-refractivity contribution >= 4 is 29.2 Å². The highest BCUT2D eigenvalue weighted by Crippen LogP contribution is 2.48. The van der Waals surface area contributed by atoms with E-state index in [2.05, 4.69) is 0 Å². The van der Waals surface area contributed by atoms with Crippen molar-refractivity contribution in [2.24, 2.45) is 5.92 Å². The van der Waals surface area contributed by atoms with Gasteiger partial charge in [-0.15, -0.1) is 0 Å². The fraction of sp³-hybridized carbons (Fsp3) is 0.125. The molecule has 7 heteroatoms. The molecule has 2 aliphatic heterocycles. The summed E-state index contributed by atoms with van der Waals surface area (Å²) in [7, 11) is 0. The van der Waals surface area contributed by atoms with Crippen LogP contribution in [0, 0.1) is 5.92 Å². The molecule has 0 saturated carbocycles. The lowest BCUT2D eigenvalue weighted by Gasteiger charge is -2.29. The van der Waals surface area contributed by atoms with Crippen LogP contribution in [0.25, 0.3) is 0 Å². The van der Waals surface area contributed by atoms with Gasteiger partial charge in [0.25, 0.3) is 5.91 Å². The molecule has 0 unspecified atom stereocenters. The molecule has 7 nitrogen and oxygen atoms in total. The minimum Gasteiger partial charge on any atom is -0.478 e. The van der Waals surface area contributed by atoms with Crippen LogP contribution in [0.5, 0.6) is 0 Å². The highest BCUT2D eigenvalue weighted by atomic mass is 16.7. The summed E-state index contributed by atoms with van der Waals surface area (Å²) in [6.45, 7) is 0. The van der Waals surface area contributed by atoms with Crippen LogP contribution in [-0.2, 0) is 14.4 Å². The number of carboxylic acid groups (broad SMARTS) is 1. The van der Waals surface area contributed by atoms with Gasteiger partial charge in [0, 0.05) is 0 Å². The van der Waals surface area contributed by atoms with E-state index in [1.807, 2.05) is 18.2 Å². The number of imide groups is 1. The molecule has 3 atom stereocenters. The molecule has 0 spiro atoms. The minimum absolute atomic E-state index is 0.0658. The van der Waals surface area contributed by atoms with E-state index in [4.69, 9.17) is 4.84 Å². The second-order valence-corrected chi connectivity index (χ2v) is 7.40. The number of hydroxylamine groups is 1. The Balaban J connectivity index is 1.64. The van der Waals surface area contributed by atoms with E-state index >= 15 is 0 Å². The van der Waals surface area contributed by atoms with Crippen LogP contribution in [0.3, 0.4) is 0 Å². The molecule has 2 aliphatic rings. The van der Waals surface area contributed by atoms with Crippen molar-refractivity contribution < 1.29 is 24.3 Å². The van der Waals surface area contributed by atoms with E-state index in [1.54, 1.807) is 60.7 Å². The summed E-state index contributed by atoms with van der Waals surface area (Å²) in [4.78, 5) is 45.8. The second-order valence-electron chi connectivity index (χ2n) is 7.40. The van der Waals surface area contributed by atoms with E-state index in [0.717, 1.165) is 4.90 Å². The van der Waals surface area contributed by atoms with Crippen molar-refractivity contribution in [1.82, 2.24) is 0 Å². The minimum atomic E-state index is -1.11. The fourth-order valence-electron chi connectivity index (χ4n) is 4.31. The summed E-state index contributed by atoms with van der Waals surface area (Å²) < 4.78 is 0. The summed E-state index contributed by atoms with van der Waals surface area (Å²) in [5.74, 6) is -2.86. The standard InChI is InChI=1S/C24H18N2O5/c27-22-19-20(17-13-7-8-14-18(17)24(29)30)26(16-11-5-2-6-12-16)31-21(19)23(28)25(22)15-9-3-1-4-10-15/h1-14,19-21H,(H,29,30)/t19-,20+,21-/m0/s1. The van der Waals surface area contributed by atoms with E-state index in [1.165, 1.54) is 11.1 Å². The highest BCUT2D eigenvalue weighted by Gasteiger charge is 2.60. The molecule has 0 radical (unpaired) electrons. The number of carbonyl (C=O) groups excluding carboxylic acids is 2. The Kier molecular flexibility index (Phi) is 4.52. The van der Waals surface area contributed by atoms with E-state index < -0.39 is 35.8 Å². The Morgan fingerprint density at radius 3 is 2.00 bits per heavy atom. The summed E-state index contributed by atoms with van der Waals surface area (Å²) in [5.41, 5.74) is 1.58. The van der Waals surface area contributed by atoms with Gasteiger partial charge in [-0.05, 0) is 35.9 Å². The van der Waals surface area contributed by atoms with Gasteiger partial charge in [-0.25, -0.2) is 14.8 Å². The molecule has 3 aromatic carbocycles. The third-order valence-corrected chi connectivity index (χ3v) is 5.65. The molecular weight excluding hydrogens is 396 g/mol. The molecule has 0 aliphatic carbocycles. The summed E-state index contributed by atoms with van der Waals surface area (Å²) in [6, 6.07) is 23.5. The lowest BCUT2D eigenvalue weighted by Crippen LogP contribution is -2.37. The molecular formula is C24H18N2O5. The predicted octanol–water partition coefficient (Wildman–Crippen LogP) is 3.44. The van der Waals surface area contributed by atoms with Crippen molar-refractivity contribution in [3.63, 3.8) is 0 Å². The monoisotopic (exact) mass is 414 g/mol. The van der Waals surface area contributed by atoms with Crippen LogP contribution in [0.1, 0.15) is 22.0 Å². The van der Waals surface area contributed by atoms with E-state index in [-0.39, 0.29) is 5.56 Å². The van der Waals surface area contributed by atoms with Crippen LogP contribution in [0.2, 0.25) is 0 Å². The molecule has 0 aromatic heterocycles. The van der Waals surface area contributed by atoms with Gasteiger partial charge in [-0.2, -0.15) is 0 Å². The van der Waals surface area contributed by atoms with Crippen LogP contribution in [0.4, 0.5) is 11.4 Å². The first-order chi connectivity index (χ1) is 15.1. The number of nitrogens with zero attached hydrogens (tertiary/aromatic N) is 2. The van der Waals surface area contributed by atoms with Crippen molar-refractivity contribution in [2.75, 3.05) is 9.96 Å². The molecule has 2 heterocycles. The Labute approximate surface area is 178 Å². The first-order valence-electron chi connectivity index (χ1n) is 9.84. The van der Waals surface area contributed by atoms with Crippen LogP contribution in [0.15, 0.2) is 84.9 Å². The number of carbonyl (C=O) groups is 3.